The summed E-state index contributed by atoms with van der Waals surface area (Å²) in [5.74, 6) is -0.779. The lowest BCUT2D eigenvalue weighted by Crippen LogP contribution is -2.32. The van der Waals surface area contributed by atoms with Crippen LogP contribution in [0.15, 0.2) is 18.2 Å². The van der Waals surface area contributed by atoms with E-state index in [0.29, 0.717) is 19.6 Å². The molecule has 3 N–H and O–H groups in total. The SMILES string of the molecule is Cc1cccc(C)c1N(CCN)CCC(=O)O. The van der Waals surface area contributed by atoms with Gasteiger partial charge in [0.25, 0.3) is 0 Å². The molecule has 0 bridgehead atoms. The summed E-state index contributed by atoms with van der Waals surface area (Å²) in [5.41, 5.74) is 9.01. The van der Waals surface area contributed by atoms with Crippen LogP contribution >= 0.6 is 0 Å². The number of rotatable bonds is 6. The molecule has 4 heteroatoms. The molecule has 0 fully saturated rings. The number of carbonyl (C=O) groups is 1. The van der Waals surface area contributed by atoms with Gasteiger partial charge in [0, 0.05) is 25.3 Å². The minimum Gasteiger partial charge on any atom is -0.481 e. The zero-order valence-corrected chi connectivity index (χ0v) is 10.4. The first-order valence-corrected chi connectivity index (χ1v) is 5.79. The number of carboxylic acids is 1. The Bertz CT molecular complexity index is 371. The number of anilines is 1. The van der Waals surface area contributed by atoms with Crippen molar-refractivity contribution in [2.75, 3.05) is 24.5 Å². The Morgan fingerprint density at radius 1 is 1.29 bits per heavy atom. The van der Waals surface area contributed by atoms with Crippen molar-refractivity contribution in [2.24, 2.45) is 5.73 Å². The molecule has 0 aliphatic carbocycles. The molecule has 0 radical (unpaired) electrons. The number of benzene rings is 1. The number of hydrogen-bond donors (Lipinski definition) is 2. The van der Waals surface area contributed by atoms with Gasteiger partial charge in [-0.3, -0.25) is 4.79 Å². The lowest BCUT2D eigenvalue weighted by Gasteiger charge is -2.27. The summed E-state index contributed by atoms with van der Waals surface area (Å²) in [6.07, 6.45) is 0.133. The average molecular weight is 236 g/mol. The van der Waals surface area contributed by atoms with Crippen molar-refractivity contribution in [3.8, 4) is 0 Å². The van der Waals surface area contributed by atoms with E-state index in [-0.39, 0.29) is 6.42 Å². The summed E-state index contributed by atoms with van der Waals surface area (Å²) >= 11 is 0. The first-order valence-electron chi connectivity index (χ1n) is 5.79. The summed E-state index contributed by atoms with van der Waals surface area (Å²) in [6.45, 7) is 5.77. The number of para-hydroxylation sites is 1. The van der Waals surface area contributed by atoms with Gasteiger partial charge in [0.15, 0.2) is 0 Å². The van der Waals surface area contributed by atoms with Crippen LogP contribution in [0, 0.1) is 13.8 Å². The second kappa shape index (κ2) is 6.25. The fraction of sp³-hybridized carbons (Fsp3) is 0.462. The Labute approximate surface area is 102 Å². The van der Waals surface area contributed by atoms with Crippen molar-refractivity contribution >= 4 is 11.7 Å². The first-order chi connectivity index (χ1) is 8.06. The molecule has 1 aromatic rings. The largest absolute Gasteiger partial charge is 0.481 e. The lowest BCUT2D eigenvalue weighted by atomic mass is 10.1. The van der Waals surface area contributed by atoms with Gasteiger partial charge in [-0.25, -0.2) is 0 Å². The number of hydrogen-bond acceptors (Lipinski definition) is 3. The van der Waals surface area contributed by atoms with E-state index < -0.39 is 5.97 Å². The molecule has 0 aliphatic heterocycles. The summed E-state index contributed by atoms with van der Waals surface area (Å²) in [4.78, 5) is 12.7. The maximum atomic E-state index is 10.7. The Kier molecular flexibility index (Phi) is 4.97. The van der Waals surface area contributed by atoms with E-state index in [2.05, 4.69) is 4.90 Å². The molecule has 0 amide bonds. The molecule has 0 saturated heterocycles. The zero-order valence-electron chi connectivity index (χ0n) is 10.4. The fourth-order valence-electron chi connectivity index (χ4n) is 2.03. The van der Waals surface area contributed by atoms with E-state index in [4.69, 9.17) is 10.8 Å². The minimum atomic E-state index is -0.779. The van der Waals surface area contributed by atoms with Gasteiger partial charge in [0.05, 0.1) is 6.42 Å². The van der Waals surface area contributed by atoms with E-state index in [9.17, 15) is 4.79 Å². The molecule has 94 valence electrons. The number of aliphatic carboxylic acids is 1. The van der Waals surface area contributed by atoms with Crippen LogP contribution < -0.4 is 10.6 Å². The highest BCUT2D eigenvalue weighted by Crippen LogP contribution is 2.24. The predicted octanol–water partition coefficient (Wildman–Crippen LogP) is 1.54. The second-order valence-electron chi connectivity index (χ2n) is 4.16. The van der Waals surface area contributed by atoms with Crippen molar-refractivity contribution < 1.29 is 9.90 Å². The van der Waals surface area contributed by atoms with E-state index >= 15 is 0 Å². The average Bonchev–Trinajstić information content (AvgIpc) is 2.25. The lowest BCUT2D eigenvalue weighted by molar-refractivity contribution is -0.136. The van der Waals surface area contributed by atoms with Gasteiger partial charge in [0.2, 0.25) is 0 Å². The molecule has 0 aromatic heterocycles. The van der Waals surface area contributed by atoms with Crippen molar-refractivity contribution in [1.29, 1.82) is 0 Å². The third-order valence-electron chi connectivity index (χ3n) is 2.75. The topological polar surface area (TPSA) is 66.6 Å². The Morgan fingerprint density at radius 2 is 1.88 bits per heavy atom. The highest BCUT2D eigenvalue weighted by molar-refractivity contribution is 5.68. The molecule has 0 atom stereocenters. The molecule has 0 aliphatic rings. The number of carboxylic acid groups (broad SMARTS) is 1. The standard InChI is InChI=1S/C13H20N2O2/c1-10-4-3-5-11(2)13(10)15(9-7-14)8-6-12(16)17/h3-5H,6-9,14H2,1-2H3,(H,16,17). The molecule has 0 saturated carbocycles. The molecule has 0 spiro atoms. The monoisotopic (exact) mass is 236 g/mol. The van der Waals surface area contributed by atoms with Crippen LogP contribution in [0.25, 0.3) is 0 Å². The van der Waals surface area contributed by atoms with Crippen LogP contribution in [0.4, 0.5) is 5.69 Å². The first kappa shape index (κ1) is 13.5. The molecule has 0 heterocycles. The number of nitrogens with two attached hydrogens (primary N) is 1. The summed E-state index contributed by atoms with van der Waals surface area (Å²) < 4.78 is 0. The van der Waals surface area contributed by atoms with Crippen molar-refractivity contribution in [3.63, 3.8) is 0 Å². The molecule has 1 rings (SSSR count). The highest BCUT2D eigenvalue weighted by Gasteiger charge is 2.12. The molecule has 17 heavy (non-hydrogen) atoms. The third-order valence-corrected chi connectivity index (χ3v) is 2.75. The van der Waals surface area contributed by atoms with Crippen LogP contribution in [0.2, 0.25) is 0 Å². The number of aryl methyl sites for hydroxylation is 2. The maximum Gasteiger partial charge on any atom is 0.305 e. The molecule has 4 nitrogen and oxygen atoms in total. The van der Waals surface area contributed by atoms with Crippen LogP contribution in [0.5, 0.6) is 0 Å². The van der Waals surface area contributed by atoms with Crippen LogP contribution in [-0.4, -0.2) is 30.7 Å². The second-order valence-corrected chi connectivity index (χ2v) is 4.16. The van der Waals surface area contributed by atoms with Gasteiger partial charge >= 0.3 is 5.97 Å². The molecular weight excluding hydrogens is 216 g/mol. The highest BCUT2D eigenvalue weighted by atomic mass is 16.4. The van der Waals surface area contributed by atoms with Gasteiger partial charge in [-0.05, 0) is 25.0 Å². The Balaban J connectivity index is 2.92. The maximum absolute atomic E-state index is 10.7. The quantitative estimate of drug-likeness (QED) is 0.786. The zero-order chi connectivity index (χ0) is 12.8. The summed E-state index contributed by atoms with van der Waals surface area (Å²) in [6, 6.07) is 6.07. The number of nitrogens with zero attached hydrogens (tertiary/aromatic N) is 1. The van der Waals surface area contributed by atoms with Crippen LogP contribution in [0.3, 0.4) is 0 Å². The van der Waals surface area contributed by atoms with Gasteiger partial charge in [-0.2, -0.15) is 0 Å². The third kappa shape index (κ3) is 3.75. The molecule has 0 unspecified atom stereocenters. The summed E-state index contributed by atoms with van der Waals surface area (Å²) in [7, 11) is 0. The van der Waals surface area contributed by atoms with E-state index in [1.54, 1.807) is 0 Å². The van der Waals surface area contributed by atoms with Crippen molar-refractivity contribution in [3.05, 3.63) is 29.3 Å². The van der Waals surface area contributed by atoms with Crippen LogP contribution in [-0.2, 0) is 4.79 Å². The van der Waals surface area contributed by atoms with Crippen molar-refractivity contribution in [2.45, 2.75) is 20.3 Å². The molecule has 1 aromatic carbocycles. The minimum absolute atomic E-state index is 0.133. The Hall–Kier alpha value is -1.55. The normalized spacial score (nSPS) is 10.3. The van der Waals surface area contributed by atoms with Gasteiger partial charge in [-0.15, -0.1) is 0 Å². The van der Waals surface area contributed by atoms with E-state index in [1.807, 2.05) is 32.0 Å². The molecular formula is C13H20N2O2. The van der Waals surface area contributed by atoms with Gasteiger partial charge in [0.1, 0.15) is 0 Å². The van der Waals surface area contributed by atoms with E-state index in [0.717, 1.165) is 16.8 Å². The van der Waals surface area contributed by atoms with Gasteiger partial charge in [-0.1, -0.05) is 18.2 Å². The van der Waals surface area contributed by atoms with E-state index in [1.165, 1.54) is 0 Å². The fourth-order valence-corrected chi connectivity index (χ4v) is 2.03. The smallest absolute Gasteiger partial charge is 0.305 e. The predicted molar refractivity (Wildman–Crippen MR) is 69.4 cm³/mol. The van der Waals surface area contributed by atoms with Gasteiger partial charge < -0.3 is 15.7 Å². The Morgan fingerprint density at radius 3 is 2.35 bits per heavy atom. The van der Waals surface area contributed by atoms with Crippen molar-refractivity contribution in [1.82, 2.24) is 0 Å². The summed E-state index contributed by atoms with van der Waals surface area (Å²) in [5, 5.41) is 8.76. The van der Waals surface area contributed by atoms with Crippen LogP contribution in [0.1, 0.15) is 17.5 Å².